The molecule has 0 fully saturated rings. The lowest BCUT2D eigenvalue weighted by atomic mass is 10.2. The van der Waals surface area contributed by atoms with E-state index in [0.29, 0.717) is 22.2 Å². The second-order valence-electron chi connectivity index (χ2n) is 5.12. The van der Waals surface area contributed by atoms with Crippen molar-refractivity contribution >= 4 is 33.9 Å². The Morgan fingerprint density at radius 3 is 3.00 bits per heavy atom. The highest BCUT2D eigenvalue weighted by Gasteiger charge is 2.17. The molecule has 9 heteroatoms. The maximum Gasteiger partial charge on any atom is 0.264 e. The first-order valence-corrected chi connectivity index (χ1v) is 7.05. The number of hydrogen-bond donors (Lipinski definition) is 2. The Morgan fingerprint density at radius 1 is 1.25 bits per heavy atom. The molecule has 4 rings (SSSR count). The summed E-state index contributed by atoms with van der Waals surface area (Å²) < 4.78 is 1.34. The molecule has 2 N–H and O–H groups in total. The Hall–Kier alpha value is -3.62. The fourth-order valence-corrected chi connectivity index (χ4v) is 2.49. The smallest absolute Gasteiger partial charge is 0.264 e. The van der Waals surface area contributed by atoms with Gasteiger partial charge in [-0.25, -0.2) is 19.9 Å². The molecule has 0 radical (unpaired) electrons. The van der Waals surface area contributed by atoms with Crippen molar-refractivity contribution in [3.63, 3.8) is 0 Å². The van der Waals surface area contributed by atoms with Gasteiger partial charge in [0.1, 0.15) is 23.1 Å². The average molecular weight is 321 g/mol. The minimum Gasteiger partial charge on any atom is -0.340 e. The van der Waals surface area contributed by atoms with E-state index in [0.717, 1.165) is 0 Å². The molecule has 0 unspecified atom stereocenters. The zero-order valence-corrected chi connectivity index (χ0v) is 12.5. The lowest BCUT2D eigenvalue weighted by Crippen LogP contribution is -2.28. The van der Waals surface area contributed by atoms with E-state index in [1.165, 1.54) is 23.3 Å². The number of carbonyl (C=O) groups excluding carboxylic acids is 1. The zero-order valence-electron chi connectivity index (χ0n) is 12.5. The number of rotatable bonds is 2. The number of anilines is 1. The van der Waals surface area contributed by atoms with Crippen LogP contribution in [0.1, 0.15) is 10.4 Å². The van der Waals surface area contributed by atoms with Crippen LogP contribution in [0.15, 0.2) is 41.8 Å². The molecule has 0 spiro atoms. The van der Waals surface area contributed by atoms with Crippen LogP contribution in [0, 0.1) is 0 Å². The van der Waals surface area contributed by atoms with Crippen molar-refractivity contribution in [2.24, 2.45) is 7.05 Å². The number of hydrogen-bond acceptors (Lipinski definition) is 6. The van der Waals surface area contributed by atoms with Crippen molar-refractivity contribution < 1.29 is 4.79 Å². The number of nitrogens with one attached hydrogen (secondary N) is 2. The van der Waals surface area contributed by atoms with Crippen LogP contribution in [0.25, 0.3) is 22.2 Å². The molecule has 24 heavy (non-hydrogen) atoms. The Kier molecular flexibility index (Phi) is 3.05. The van der Waals surface area contributed by atoms with E-state index < -0.39 is 11.5 Å². The number of amides is 1. The zero-order chi connectivity index (χ0) is 16.7. The molecule has 4 aromatic heterocycles. The van der Waals surface area contributed by atoms with E-state index in [1.807, 2.05) is 0 Å². The van der Waals surface area contributed by atoms with Crippen molar-refractivity contribution in [3.8, 4) is 0 Å². The van der Waals surface area contributed by atoms with Crippen molar-refractivity contribution in [1.82, 2.24) is 29.5 Å². The summed E-state index contributed by atoms with van der Waals surface area (Å²) in [5, 5.41) is 3.32. The number of fused-ring (bicyclic) bond motifs is 2. The first-order chi connectivity index (χ1) is 11.6. The first-order valence-electron chi connectivity index (χ1n) is 7.05. The number of nitrogens with zero attached hydrogens (tertiary/aromatic N) is 5. The Balaban J connectivity index is 1.80. The highest BCUT2D eigenvalue weighted by Crippen LogP contribution is 2.16. The number of aromatic amines is 1. The van der Waals surface area contributed by atoms with Gasteiger partial charge in [-0.1, -0.05) is 0 Å². The number of aryl methyl sites for hydroxylation is 1. The van der Waals surface area contributed by atoms with Crippen LogP contribution >= 0.6 is 0 Å². The van der Waals surface area contributed by atoms with Gasteiger partial charge in [0.15, 0.2) is 11.5 Å². The minimum absolute atomic E-state index is 0.00396. The van der Waals surface area contributed by atoms with Gasteiger partial charge in [-0.2, -0.15) is 0 Å². The first kappa shape index (κ1) is 14.0. The molecule has 0 aromatic carbocycles. The molecule has 1 amide bonds. The van der Waals surface area contributed by atoms with Gasteiger partial charge in [0.25, 0.3) is 11.5 Å². The molecule has 0 aliphatic carbocycles. The molecule has 0 atom stereocenters. The maximum absolute atomic E-state index is 12.6. The average Bonchev–Trinajstić information content (AvgIpc) is 3.08. The van der Waals surface area contributed by atoms with Crippen molar-refractivity contribution in [2.45, 2.75) is 0 Å². The third-order valence-electron chi connectivity index (χ3n) is 3.67. The van der Waals surface area contributed by atoms with E-state index >= 15 is 0 Å². The van der Waals surface area contributed by atoms with E-state index in [9.17, 15) is 9.59 Å². The number of H-pyrrole nitrogens is 1. The van der Waals surface area contributed by atoms with Crippen LogP contribution in [0.4, 0.5) is 5.82 Å². The molecule has 0 bridgehead atoms. The summed E-state index contributed by atoms with van der Waals surface area (Å²) in [6.45, 7) is 0. The van der Waals surface area contributed by atoms with E-state index in [2.05, 4.69) is 30.2 Å². The molecular weight excluding hydrogens is 310 g/mol. The topological polar surface area (TPSA) is 118 Å². The van der Waals surface area contributed by atoms with E-state index in [1.54, 1.807) is 25.4 Å². The summed E-state index contributed by atoms with van der Waals surface area (Å²) in [5.74, 6) is -0.299. The fraction of sp³-hybridized carbons (Fsp3) is 0.0667. The highest BCUT2D eigenvalue weighted by molar-refractivity contribution is 6.07. The molecule has 118 valence electrons. The Labute approximate surface area is 134 Å². The second kappa shape index (κ2) is 5.23. The largest absolute Gasteiger partial charge is 0.340 e. The Bertz CT molecular complexity index is 1150. The van der Waals surface area contributed by atoms with Crippen LogP contribution in [0.2, 0.25) is 0 Å². The molecule has 0 aliphatic heterocycles. The quantitative estimate of drug-likeness (QED) is 0.565. The summed E-state index contributed by atoms with van der Waals surface area (Å²) in [4.78, 5) is 44.0. The maximum atomic E-state index is 12.6. The predicted molar refractivity (Wildman–Crippen MR) is 86.6 cm³/mol. The molecule has 4 aromatic rings. The molecule has 9 nitrogen and oxygen atoms in total. The summed E-state index contributed by atoms with van der Waals surface area (Å²) in [6.07, 6.45) is 4.34. The van der Waals surface area contributed by atoms with Crippen LogP contribution < -0.4 is 10.9 Å². The van der Waals surface area contributed by atoms with Crippen LogP contribution in [0.3, 0.4) is 0 Å². The normalized spacial score (nSPS) is 11.0. The number of imidazole rings is 1. The molecule has 0 aliphatic rings. The molecule has 0 saturated heterocycles. The van der Waals surface area contributed by atoms with Gasteiger partial charge >= 0.3 is 0 Å². The molecule has 4 heterocycles. The monoisotopic (exact) mass is 321 g/mol. The molecule has 0 saturated carbocycles. The van der Waals surface area contributed by atoms with Crippen LogP contribution in [0.5, 0.6) is 0 Å². The third kappa shape index (κ3) is 2.10. The summed E-state index contributed by atoms with van der Waals surface area (Å²) in [5.41, 5.74) is 0.996. The second-order valence-corrected chi connectivity index (χ2v) is 5.12. The highest BCUT2D eigenvalue weighted by atomic mass is 16.2. The minimum atomic E-state index is -0.559. The van der Waals surface area contributed by atoms with Gasteiger partial charge in [0.2, 0.25) is 0 Å². The third-order valence-corrected chi connectivity index (χ3v) is 3.67. The number of aromatic nitrogens is 6. The standard InChI is InChI=1S/C15H11N7O2/c1-22-13-8(3-2-4-16-13)5-9(15(22)24)14(23)21-12-10-11(18-6-17-10)19-7-20-12/h2-7H,1H3,(H2,17,18,19,20,21,23). The Morgan fingerprint density at radius 2 is 2.12 bits per heavy atom. The lowest BCUT2D eigenvalue weighted by molar-refractivity contribution is 0.102. The predicted octanol–water partition coefficient (Wildman–Crippen LogP) is 0.852. The van der Waals surface area contributed by atoms with Gasteiger partial charge in [-0.3, -0.25) is 14.2 Å². The van der Waals surface area contributed by atoms with Gasteiger partial charge in [0.05, 0.1) is 6.33 Å². The van der Waals surface area contributed by atoms with Crippen LogP contribution in [-0.4, -0.2) is 35.4 Å². The SMILES string of the molecule is Cn1c(=O)c(C(=O)Nc2ncnc3nc[nH]c23)cc2cccnc21. The summed E-state index contributed by atoms with van der Waals surface area (Å²) in [6, 6.07) is 5.05. The van der Waals surface area contributed by atoms with Crippen molar-refractivity contribution in [2.75, 3.05) is 5.32 Å². The fourth-order valence-electron chi connectivity index (χ4n) is 2.49. The van der Waals surface area contributed by atoms with Crippen molar-refractivity contribution in [1.29, 1.82) is 0 Å². The van der Waals surface area contributed by atoms with Gasteiger partial charge in [-0.05, 0) is 18.2 Å². The van der Waals surface area contributed by atoms with E-state index in [-0.39, 0.29) is 11.4 Å². The van der Waals surface area contributed by atoms with Crippen molar-refractivity contribution in [3.05, 3.63) is 53.0 Å². The van der Waals surface area contributed by atoms with Gasteiger partial charge < -0.3 is 10.3 Å². The van der Waals surface area contributed by atoms with E-state index in [4.69, 9.17) is 0 Å². The van der Waals surface area contributed by atoms with Gasteiger partial charge in [-0.15, -0.1) is 0 Å². The van der Waals surface area contributed by atoms with Gasteiger partial charge in [0, 0.05) is 18.6 Å². The molecular formula is C15H11N7O2. The lowest BCUT2D eigenvalue weighted by Gasteiger charge is -2.08. The summed E-state index contributed by atoms with van der Waals surface area (Å²) >= 11 is 0. The summed E-state index contributed by atoms with van der Waals surface area (Å²) in [7, 11) is 1.58. The van der Waals surface area contributed by atoms with Crippen LogP contribution in [-0.2, 0) is 7.05 Å². The number of pyridine rings is 2. The number of carbonyl (C=O) groups is 1.